The average molecular weight is 292 g/mol. The summed E-state index contributed by atoms with van der Waals surface area (Å²) in [5.74, 6) is 0.303. The molecule has 1 rings (SSSR count). The Labute approximate surface area is 124 Å². The van der Waals surface area contributed by atoms with Crippen molar-refractivity contribution in [2.45, 2.75) is 33.3 Å². The summed E-state index contributed by atoms with van der Waals surface area (Å²) in [7, 11) is 0. The van der Waals surface area contributed by atoms with E-state index < -0.39 is 5.60 Å². The van der Waals surface area contributed by atoms with Gasteiger partial charge in [-0.25, -0.2) is 4.79 Å². The molecule has 0 aliphatic carbocycles. The van der Waals surface area contributed by atoms with E-state index in [0.717, 1.165) is 5.56 Å². The molecular formula is C16H20O3S. The van der Waals surface area contributed by atoms with Crippen molar-refractivity contribution in [1.29, 1.82) is 0 Å². The van der Waals surface area contributed by atoms with Gasteiger partial charge in [0.15, 0.2) is 5.12 Å². The molecule has 0 amide bonds. The molecule has 0 atom stereocenters. The Hall–Kier alpha value is -1.55. The van der Waals surface area contributed by atoms with Crippen LogP contribution >= 0.6 is 11.8 Å². The number of carbonyl (C=O) groups is 2. The Bertz CT molecular complexity index is 513. The van der Waals surface area contributed by atoms with Gasteiger partial charge in [0.1, 0.15) is 5.60 Å². The molecule has 0 spiro atoms. The van der Waals surface area contributed by atoms with Crippen LogP contribution in [0.15, 0.2) is 30.3 Å². The zero-order valence-corrected chi connectivity index (χ0v) is 13.1. The SMILES string of the molecule is CC(=O)SCC=Cc1cccc(C(=O)OC(C)(C)C)c1. The molecule has 4 heteroatoms. The first kappa shape index (κ1) is 16.5. The van der Waals surface area contributed by atoms with Gasteiger partial charge in [-0.1, -0.05) is 36.0 Å². The molecule has 3 nitrogen and oxygen atoms in total. The maximum Gasteiger partial charge on any atom is 0.338 e. The van der Waals surface area contributed by atoms with E-state index >= 15 is 0 Å². The van der Waals surface area contributed by atoms with Crippen molar-refractivity contribution in [3.05, 3.63) is 41.5 Å². The van der Waals surface area contributed by atoms with Crippen molar-refractivity contribution in [2.24, 2.45) is 0 Å². The van der Waals surface area contributed by atoms with Gasteiger partial charge in [0, 0.05) is 12.7 Å². The Morgan fingerprint density at radius 2 is 2.00 bits per heavy atom. The van der Waals surface area contributed by atoms with Gasteiger partial charge in [-0.05, 0) is 38.5 Å². The summed E-state index contributed by atoms with van der Waals surface area (Å²) < 4.78 is 5.32. The maximum absolute atomic E-state index is 11.9. The summed E-state index contributed by atoms with van der Waals surface area (Å²) >= 11 is 1.25. The molecular weight excluding hydrogens is 272 g/mol. The third-order valence-corrected chi connectivity index (χ3v) is 2.98. The second kappa shape index (κ2) is 7.29. The first-order chi connectivity index (χ1) is 9.28. The lowest BCUT2D eigenvalue weighted by molar-refractivity contribution is -0.109. The van der Waals surface area contributed by atoms with Gasteiger partial charge in [-0.2, -0.15) is 0 Å². The molecule has 108 valence electrons. The van der Waals surface area contributed by atoms with Crippen molar-refractivity contribution >= 4 is 28.9 Å². The van der Waals surface area contributed by atoms with Gasteiger partial charge in [0.05, 0.1) is 5.56 Å². The van der Waals surface area contributed by atoms with Crippen molar-refractivity contribution in [1.82, 2.24) is 0 Å². The first-order valence-corrected chi connectivity index (χ1v) is 7.40. The summed E-state index contributed by atoms with van der Waals surface area (Å²) in [5.41, 5.74) is 0.944. The number of esters is 1. The van der Waals surface area contributed by atoms with Crippen molar-refractivity contribution in [3.63, 3.8) is 0 Å². The van der Waals surface area contributed by atoms with Crippen LogP contribution in [-0.2, 0) is 9.53 Å². The number of hydrogen-bond acceptors (Lipinski definition) is 4. The van der Waals surface area contributed by atoms with Crippen molar-refractivity contribution < 1.29 is 14.3 Å². The minimum absolute atomic E-state index is 0.0946. The molecule has 0 aromatic heterocycles. The zero-order chi connectivity index (χ0) is 15.2. The quantitative estimate of drug-likeness (QED) is 0.789. The lowest BCUT2D eigenvalue weighted by Gasteiger charge is -2.19. The summed E-state index contributed by atoms with van der Waals surface area (Å²) in [6.07, 6.45) is 3.80. The molecule has 0 saturated heterocycles. The van der Waals surface area contributed by atoms with Crippen LogP contribution in [0.4, 0.5) is 0 Å². The van der Waals surface area contributed by atoms with Gasteiger partial charge in [-0.15, -0.1) is 0 Å². The van der Waals surface area contributed by atoms with E-state index in [-0.39, 0.29) is 11.1 Å². The number of carbonyl (C=O) groups excluding carboxylic acids is 2. The van der Waals surface area contributed by atoms with Gasteiger partial charge >= 0.3 is 5.97 Å². The highest BCUT2D eigenvalue weighted by molar-refractivity contribution is 8.13. The molecule has 0 aliphatic heterocycles. The molecule has 0 bridgehead atoms. The molecule has 0 unspecified atom stereocenters. The Kier molecular flexibility index (Phi) is 6.02. The normalized spacial score (nSPS) is 11.6. The number of ether oxygens (including phenoxy) is 1. The number of benzene rings is 1. The minimum Gasteiger partial charge on any atom is -0.456 e. The van der Waals surface area contributed by atoms with E-state index in [0.29, 0.717) is 11.3 Å². The van der Waals surface area contributed by atoms with E-state index in [9.17, 15) is 9.59 Å². The first-order valence-electron chi connectivity index (χ1n) is 6.41. The van der Waals surface area contributed by atoms with E-state index in [1.165, 1.54) is 11.8 Å². The molecule has 0 radical (unpaired) electrons. The summed E-state index contributed by atoms with van der Waals surface area (Å²) in [5, 5.41) is 0.0946. The Balaban J connectivity index is 2.70. The monoisotopic (exact) mass is 292 g/mol. The second-order valence-corrected chi connectivity index (χ2v) is 6.53. The smallest absolute Gasteiger partial charge is 0.338 e. The summed E-state index contributed by atoms with van der Waals surface area (Å²) in [6, 6.07) is 7.23. The topological polar surface area (TPSA) is 43.4 Å². The van der Waals surface area contributed by atoms with Crippen LogP contribution in [0.25, 0.3) is 6.08 Å². The van der Waals surface area contributed by atoms with E-state index in [2.05, 4.69) is 0 Å². The minimum atomic E-state index is -0.499. The van der Waals surface area contributed by atoms with E-state index in [1.807, 2.05) is 45.1 Å². The lowest BCUT2D eigenvalue weighted by Crippen LogP contribution is -2.23. The maximum atomic E-state index is 11.9. The van der Waals surface area contributed by atoms with Gasteiger partial charge < -0.3 is 4.74 Å². The molecule has 1 aromatic carbocycles. The van der Waals surface area contributed by atoms with E-state index in [4.69, 9.17) is 4.74 Å². The zero-order valence-electron chi connectivity index (χ0n) is 12.3. The molecule has 20 heavy (non-hydrogen) atoms. The highest BCUT2D eigenvalue weighted by Gasteiger charge is 2.17. The highest BCUT2D eigenvalue weighted by Crippen LogP contribution is 2.14. The molecule has 0 N–H and O–H groups in total. The number of hydrogen-bond donors (Lipinski definition) is 0. The fourth-order valence-corrected chi connectivity index (χ4v) is 1.88. The molecule has 0 fully saturated rings. The van der Waals surface area contributed by atoms with Crippen LogP contribution < -0.4 is 0 Å². The van der Waals surface area contributed by atoms with Gasteiger partial charge in [-0.3, -0.25) is 4.79 Å². The third kappa shape index (κ3) is 6.57. The molecule has 1 aromatic rings. The highest BCUT2D eigenvalue weighted by atomic mass is 32.2. The standard InChI is InChI=1S/C16H20O3S/c1-12(17)20-10-6-8-13-7-5-9-14(11-13)15(18)19-16(2,3)4/h5-9,11H,10H2,1-4H3. The third-order valence-electron chi connectivity index (χ3n) is 2.21. The lowest BCUT2D eigenvalue weighted by atomic mass is 10.1. The van der Waals surface area contributed by atoms with Crippen LogP contribution in [-0.4, -0.2) is 22.4 Å². The number of thioether (sulfide) groups is 1. The van der Waals surface area contributed by atoms with Crippen LogP contribution in [0.1, 0.15) is 43.6 Å². The van der Waals surface area contributed by atoms with Crippen LogP contribution in [0.3, 0.4) is 0 Å². The fraction of sp³-hybridized carbons (Fsp3) is 0.375. The fourth-order valence-electron chi connectivity index (χ4n) is 1.46. The van der Waals surface area contributed by atoms with Gasteiger partial charge in [0.25, 0.3) is 0 Å². The largest absolute Gasteiger partial charge is 0.456 e. The van der Waals surface area contributed by atoms with Gasteiger partial charge in [0.2, 0.25) is 0 Å². The predicted octanol–water partition coefficient (Wildman–Crippen LogP) is 3.93. The Morgan fingerprint density at radius 1 is 1.30 bits per heavy atom. The average Bonchev–Trinajstić information content (AvgIpc) is 2.33. The predicted molar refractivity (Wildman–Crippen MR) is 83.8 cm³/mol. The van der Waals surface area contributed by atoms with Crippen molar-refractivity contribution in [3.8, 4) is 0 Å². The van der Waals surface area contributed by atoms with Crippen molar-refractivity contribution in [2.75, 3.05) is 5.75 Å². The Morgan fingerprint density at radius 3 is 2.60 bits per heavy atom. The van der Waals surface area contributed by atoms with Crippen LogP contribution in [0.2, 0.25) is 0 Å². The second-order valence-electron chi connectivity index (χ2n) is 5.33. The molecule has 0 heterocycles. The summed E-state index contributed by atoms with van der Waals surface area (Å²) in [6.45, 7) is 7.07. The number of rotatable bonds is 4. The summed E-state index contributed by atoms with van der Waals surface area (Å²) in [4.78, 5) is 22.7. The molecule has 0 aliphatic rings. The molecule has 0 saturated carbocycles. The van der Waals surface area contributed by atoms with Crippen LogP contribution in [0, 0.1) is 0 Å². The van der Waals surface area contributed by atoms with Crippen LogP contribution in [0.5, 0.6) is 0 Å². The van der Waals surface area contributed by atoms with E-state index in [1.54, 1.807) is 19.1 Å².